The molecule has 0 radical (unpaired) electrons. The van der Waals surface area contributed by atoms with Gasteiger partial charge in [-0.25, -0.2) is 0 Å². The average Bonchev–Trinajstić information content (AvgIpc) is 2.68. The van der Waals surface area contributed by atoms with Gasteiger partial charge in [-0.3, -0.25) is 4.79 Å². The molecule has 0 saturated carbocycles. The van der Waals surface area contributed by atoms with Gasteiger partial charge in [0.15, 0.2) is 0 Å². The van der Waals surface area contributed by atoms with Gasteiger partial charge in [-0.15, -0.1) is 0 Å². The van der Waals surface area contributed by atoms with Gasteiger partial charge in [0.25, 0.3) is 0 Å². The lowest BCUT2D eigenvalue weighted by molar-refractivity contribution is -0.117. The van der Waals surface area contributed by atoms with Crippen LogP contribution in [0.5, 0.6) is 5.75 Å². The summed E-state index contributed by atoms with van der Waals surface area (Å²) >= 11 is 0. The van der Waals surface area contributed by atoms with Gasteiger partial charge in [0, 0.05) is 19.7 Å². The van der Waals surface area contributed by atoms with Crippen LogP contribution in [0.15, 0.2) is 72.3 Å². The summed E-state index contributed by atoms with van der Waals surface area (Å²) in [6.07, 6.45) is 5.13. The second-order valence-electron chi connectivity index (χ2n) is 6.38. The highest BCUT2D eigenvalue weighted by molar-refractivity contribution is 5.91. The van der Waals surface area contributed by atoms with Gasteiger partial charge in [0.2, 0.25) is 5.91 Å². The number of methoxy groups -OCH3 is 1. The predicted octanol–water partition coefficient (Wildman–Crippen LogP) is 4.55. The number of rotatable bonds is 9. The standard InChI is InChI=1S/C23H27NO3/c1-18(2)15-16-27-21-12-10-20(11-13-21)22(26-3)17-24-23(25)14-9-19-7-5-4-6-8-19/h4-15,22H,16-17H2,1-3H3,(H,24,25)/t22-/m1/s1. The fourth-order valence-electron chi connectivity index (χ4n) is 2.41. The van der Waals surface area contributed by atoms with E-state index in [1.165, 1.54) is 11.6 Å². The third-order valence-electron chi connectivity index (χ3n) is 3.97. The zero-order valence-corrected chi connectivity index (χ0v) is 16.1. The third-order valence-corrected chi connectivity index (χ3v) is 3.97. The summed E-state index contributed by atoms with van der Waals surface area (Å²) in [5.74, 6) is 0.656. The Kier molecular flexibility index (Phi) is 8.33. The number of hydrogen-bond acceptors (Lipinski definition) is 3. The largest absolute Gasteiger partial charge is 0.490 e. The first-order valence-corrected chi connectivity index (χ1v) is 8.98. The Morgan fingerprint density at radius 1 is 1.07 bits per heavy atom. The number of hydrogen-bond donors (Lipinski definition) is 1. The van der Waals surface area contributed by atoms with Gasteiger partial charge in [-0.1, -0.05) is 48.0 Å². The van der Waals surface area contributed by atoms with Crippen LogP contribution in [0.3, 0.4) is 0 Å². The van der Waals surface area contributed by atoms with E-state index in [1.807, 2.05) is 74.5 Å². The molecule has 0 spiro atoms. The molecule has 4 heteroatoms. The summed E-state index contributed by atoms with van der Waals surface area (Å²) in [5.41, 5.74) is 3.20. The van der Waals surface area contributed by atoms with Crippen LogP contribution in [0.1, 0.15) is 31.1 Å². The van der Waals surface area contributed by atoms with E-state index in [0.717, 1.165) is 16.9 Å². The normalized spacial score (nSPS) is 11.8. The summed E-state index contributed by atoms with van der Waals surface area (Å²) in [7, 11) is 1.63. The fourth-order valence-corrected chi connectivity index (χ4v) is 2.41. The van der Waals surface area contributed by atoms with Crippen molar-refractivity contribution in [3.05, 3.63) is 83.4 Å². The molecule has 0 aliphatic rings. The maximum absolute atomic E-state index is 12.0. The van der Waals surface area contributed by atoms with Crippen molar-refractivity contribution in [3.8, 4) is 5.75 Å². The molecule has 1 amide bonds. The predicted molar refractivity (Wildman–Crippen MR) is 110 cm³/mol. The fraction of sp³-hybridized carbons (Fsp3) is 0.261. The highest BCUT2D eigenvalue weighted by Crippen LogP contribution is 2.20. The van der Waals surface area contributed by atoms with Crippen LogP contribution < -0.4 is 10.1 Å². The molecule has 0 aromatic heterocycles. The molecule has 4 nitrogen and oxygen atoms in total. The molecule has 0 aliphatic heterocycles. The van der Waals surface area contributed by atoms with E-state index in [9.17, 15) is 4.79 Å². The Morgan fingerprint density at radius 3 is 2.41 bits per heavy atom. The first kappa shape index (κ1) is 20.5. The monoisotopic (exact) mass is 365 g/mol. The number of benzene rings is 2. The zero-order valence-electron chi connectivity index (χ0n) is 16.1. The number of allylic oxidation sites excluding steroid dienone is 1. The maximum atomic E-state index is 12.0. The molecule has 0 heterocycles. The number of carbonyl (C=O) groups excluding carboxylic acids is 1. The zero-order chi connectivity index (χ0) is 19.5. The van der Waals surface area contributed by atoms with E-state index in [-0.39, 0.29) is 12.0 Å². The van der Waals surface area contributed by atoms with Crippen molar-refractivity contribution < 1.29 is 14.3 Å². The van der Waals surface area contributed by atoms with E-state index < -0.39 is 0 Å². The third kappa shape index (κ3) is 7.50. The molecule has 0 bridgehead atoms. The molecule has 0 saturated heterocycles. The van der Waals surface area contributed by atoms with Crippen molar-refractivity contribution in [2.24, 2.45) is 0 Å². The van der Waals surface area contributed by atoms with E-state index >= 15 is 0 Å². The lowest BCUT2D eigenvalue weighted by atomic mass is 10.1. The molecule has 1 N–H and O–H groups in total. The summed E-state index contributed by atoms with van der Waals surface area (Å²) in [6.45, 7) is 5.03. The lowest BCUT2D eigenvalue weighted by Gasteiger charge is -2.16. The Morgan fingerprint density at radius 2 is 1.78 bits per heavy atom. The van der Waals surface area contributed by atoms with E-state index in [4.69, 9.17) is 9.47 Å². The molecule has 0 unspecified atom stereocenters. The number of ether oxygens (including phenoxy) is 2. The Labute approximate surface area is 161 Å². The Bertz CT molecular complexity index is 760. The van der Waals surface area contributed by atoms with E-state index in [0.29, 0.717) is 13.2 Å². The van der Waals surface area contributed by atoms with Crippen LogP contribution >= 0.6 is 0 Å². The van der Waals surface area contributed by atoms with Gasteiger partial charge >= 0.3 is 0 Å². The maximum Gasteiger partial charge on any atom is 0.244 e. The number of nitrogens with one attached hydrogen (secondary N) is 1. The minimum atomic E-state index is -0.217. The Hall–Kier alpha value is -2.85. The molecule has 27 heavy (non-hydrogen) atoms. The first-order valence-electron chi connectivity index (χ1n) is 8.98. The van der Waals surface area contributed by atoms with Crippen molar-refractivity contribution in [3.63, 3.8) is 0 Å². The molecular formula is C23H27NO3. The van der Waals surface area contributed by atoms with E-state index in [2.05, 4.69) is 5.32 Å². The van der Waals surface area contributed by atoms with Crippen molar-refractivity contribution in [1.29, 1.82) is 0 Å². The average molecular weight is 365 g/mol. The summed E-state index contributed by atoms with van der Waals surface area (Å²) < 4.78 is 11.2. The highest BCUT2D eigenvalue weighted by atomic mass is 16.5. The SMILES string of the molecule is CO[C@H](CNC(=O)C=Cc1ccccc1)c1ccc(OCC=C(C)C)cc1. The van der Waals surface area contributed by atoms with Crippen molar-refractivity contribution in [2.45, 2.75) is 20.0 Å². The van der Waals surface area contributed by atoms with Gasteiger partial charge in [-0.2, -0.15) is 0 Å². The van der Waals surface area contributed by atoms with Crippen LogP contribution in [0.25, 0.3) is 6.08 Å². The topological polar surface area (TPSA) is 47.6 Å². The van der Waals surface area contributed by atoms with E-state index in [1.54, 1.807) is 13.2 Å². The molecule has 1 atom stereocenters. The van der Waals surface area contributed by atoms with Gasteiger partial charge in [0.1, 0.15) is 12.4 Å². The molecule has 142 valence electrons. The van der Waals surface area contributed by atoms with Gasteiger partial charge < -0.3 is 14.8 Å². The summed E-state index contributed by atoms with van der Waals surface area (Å²) in [6, 6.07) is 17.5. The molecule has 0 aliphatic carbocycles. The molecule has 2 rings (SSSR count). The van der Waals surface area contributed by atoms with Crippen molar-refractivity contribution >= 4 is 12.0 Å². The van der Waals surface area contributed by atoms with Crippen LogP contribution in [0.2, 0.25) is 0 Å². The number of carbonyl (C=O) groups is 1. The van der Waals surface area contributed by atoms with Crippen molar-refractivity contribution in [1.82, 2.24) is 5.32 Å². The first-order chi connectivity index (χ1) is 13.1. The lowest BCUT2D eigenvalue weighted by Crippen LogP contribution is -2.27. The molecule has 2 aromatic carbocycles. The molecule has 2 aromatic rings. The smallest absolute Gasteiger partial charge is 0.244 e. The number of amides is 1. The van der Waals surface area contributed by atoms with Crippen LogP contribution in [-0.2, 0) is 9.53 Å². The summed E-state index contributed by atoms with van der Waals surface area (Å²) in [4.78, 5) is 12.0. The second kappa shape index (κ2) is 11.0. The van der Waals surface area contributed by atoms with Crippen LogP contribution in [0.4, 0.5) is 0 Å². The van der Waals surface area contributed by atoms with Crippen LogP contribution in [-0.4, -0.2) is 26.2 Å². The highest BCUT2D eigenvalue weighted by Gasteiger charge is 2.11. The van der Waals surface area contributed by atoms with Crippen LogP contribution in [0, 0.1) is 0 Å². The molecular weight excluding hydrogens is 338 g/mol. The Balaban J connectivity index is 1.86. The van der Waals surface area contributed by atoms with Gasteiger partial charge in [0.05, 0.1) is 6.10 Å². The van der Waals surface area contributed by atoms with Gasteiger partial charge in [-0.05, 0) is 49.3 Å². The minimum Gasteiger partial charge on any atom is -0.490 e. The molecule has 0 fully saturated rings. The van der Waals surface area contributed by atoms with Crippen molar-refractivity contribution in [2.75, 3.05) is 20.3 Å². The minimum absolute atomic E-state index is 0.150. The summed E-state index contributed by atoms with van der Waals surface area (Å²) in [5, 5.41) is 2.87. The quantitative estimate of drug-likeness (QED) is 0.524. The second-order valence-corrected chi connectivity index (χ2v) is 6.38.